The molecule has 100 valence electrons. The third-order valence-corrected chi connectivity index (χ3v) is 3.97. The van der Waals surface area contributed by atoms with Gasteiger partial charge in [0, 0.05) is 17.4 Å². The second-order valence-electron chi connectivity index (χ2n) is 4.67. The summed E-state index contributed by atoms with van der Waals surface area (Å²) in [5, 5.41) is 16.6. The van der Waals surface area contributed by atoms with E-state index in [9.17, 15) is 5.11 Å². The monoisotopic (exact) mass is 323 g/mol. The lowest BCUT2D eigenvalue weighted by atomic mass is 10.1. The fraction of sp³-hybridized carbons (Fsp3) is 0.385. The second-order valence-corrected chi connectivity index (χ2v) is 5.52. The van der Waals surface area contributed by atoms with Gasteiger partial charge in [0.25, 0.3) is 0 Å². The largest absolute Gasteiger partial charge is 0.392 e. The Kier molecular flexibility index (Phi) is 3.63. The number of aromatic nitrogens is 2. The minimum atomic E-state index is -0.330. The predicted octanol–water partition coefficient (Wildman–Crippen LogP) is 1.82. The number of halogens is 1. The third-order valence-electron chi connectivity index (χ3n) is 3.20. The van der Waals surface area contributed by atoms with Crippen LogP contribution in [0.5, 0.6) is 0 Å². The van der Waals surface area contributed by atoms with Gasteiger partial charge >= 0.3 is 0 Å². The normalized spacial score (nSPS) is 22.8. The van der Waals surface area contributed by atoms with Crippen LogP contribution in [0.25, 0.3) is 0 Å². The molecule has 0 saturated carbocycles. The maximum atomic E-state index is 9.48. The zero-order valence-corrected chi connectivity index (χ0v) is 11.8. The zero-order chi connectivity index (χ0) is 13.2. The Hall–Kier alpha value is -1.24. The van der Waals surface area contributed by atoms with Crippen LogP contribution in [0.1, 0.15) is 29.7 Å². The van der Waals surface area contributed by atoms with Gasteiger partial charge in [0.05, 0.1) is 12.1 Å². The molecule has 3 rings (SSSR count). The Bertz CT molecular complexity index is 573. The van der Waals surface area contributed by atoms with Crippen LogP contribution >= 0.6 is 15.9 Å². The van der Waals surface area contributed by atoms with Gasteiger partial charge < -0.3 is 14.9 Å². The first-order chi connectivity index (χ1) is 9.22. The maximum Gasteiger partial charge on any atom is 0.243 e. The summed E-state index contributed by atoms with van der Waals surface area (Å²) < 4.78 is 6.30. The van der Waals surface area contributed by atoms with Crippen LogP contribution in [0, 0.1) is 0 Å². The van der Waals surface area contributed by atoms with E-state index in [2.05, 4.69) is 31.4 Å². The highest BCUT2D eigenvalue weighted by atomic mass is 79.9. The molecule has 2 aromatic rings. The first-order valence-corrected chi connectivity index (χ1v) is 6.99. The molecule has 0 bridgehead atoms. The topological polar surface area (TPSA) is 71.2 Å². The molecule has 19 heavy (non-hydrogen) atoms. The summed E-state index contributed by atoms with van der Waals surface area (Å²) in [4.78, 5) is 4.39. The van der Waals surface area contributed by atoms with Gasteiger partial charge in [0.15, 0.2) is 5.82 Å². The predicted molar refractivity (Wildman–Crippen MR) is 72.6 cm³/mol. The van der Waals surface area contributed by atoms with Crippen LogP contribution in [-0.2, 0) is 6.42 Å². The molecule has 0 radical (unpaired) electrons. The Morgan fingerprint density at radius 2 is 2.26 bits per heavy atom. The van der Waals surface area contributed by atoms with Gasteiger partial charge in [-0.15, -0.1) is 0 Å². The van der Waals surface area contributed by atoms with E-state index in [1.807, 2.05) is 24.3 Å². The van der Waals surface area contributed by atoms with Crippen molar-refractivity contribution < 1.29 is 9.63 Å². The first-order valence-electron chi connectivity index (χ1n) is 6.19. The number of rotatable bonds is 3. The van der Waals surface area contributed by atoms with Crippen LogP contribution in [0.2, 0.25) is 0 Å². The van der Waals surface area contributed by atoms with Crippen LogP contribution in [-0.4, -0.2) is 27.9 Å². The maximum absolute atomic E-state index is 9.48. The average molecular weight is 324 g/mol. The van der Waals surface area contributed by atoms with E-state index in [4.69, 9.17) is 4.52 Å². The van der Waals surface area contributed by atoms with E-state index < -0.39 is 0 Å². The van der Waals surface area contributed by atoms with Crippen molar-refractivity contribution in [2.24, 2.45) is 0 Å². The summed E-state index contributed by atoms with van der Waals surface area (Å²) in [5.41, 5.74) is 1.12. The molecule has 1 aromatic carbocycles. The Labute approximate surface area is 119 Å². The quantitative estimate of drug-likeness (QED) is 0.901. The summed E-state index contributed by atoms with van der Waals surface area (Å²) in [7, 11) is 0. The number of nitrogens with one attached hydrogen (secondary N) is 1. The molecule has 2 heterocycles. The van der Waals surface area contributed by atoms with Gasteiger partial charge in [-0.2, -0.15) is 4.98 Å². The van der Waals surface area contributed by atoms with E-state index in [0.717, 1.165) is 10.0 Å². The van der Waals surface area contributed by atoms with Gasteiger partial charge in [-0.25, -0.2) is 0 Å². The van der Waals surface area contributed by atoms with Gasteiger partial charge in [0.1, 0.15) is 0 Å². The van der Waals surface area contributed by atoms with Gasteiger partial charge in [0.2, 0.25) is 5.89 Å². The summed E-state index contributed by atoms with van der Waals surface area (Å²) in [5.74, 6) is 1.21. The lowest BCUT2D eigenvalue weighted by Gasteiger charge is -2.02. The molecule has 1 aromatic heterocycles. The summed E-state index contributed by atoms with van der Waals surface area (Å²) in [6, 6.07) is 7.94. The van der Waals surface area contributed by atoms with E-state index in [0.29, 0.717) is 31.1 Å². The molecule has 0 amide bonds. The van der Waals surface area contributed by atoms with E-state index in [1.54, 1.807) is 0 Å². The molecule has 0 spiro atoms. The van der Waals surface area contributed by atoms with E-state index in [-0.39, 0.29) is 12.1 Å². The smallest absolute Gasteiger partial charge is 0.243 e. The molecule has 6 heteroatoms. The standard InChI is InChI=1S/C13H14BrN3O2/c14-10-4-2-1-3-8(10)5-12-16-13(19-17-12)11-6-9(18)7-15-11/h1-4,9,11,15,18H,5-7H2. The molecule has 1 fully saturated rings. The molecule has 5 nitrogen and oxygen atoms in total. The second kappa shape index (κ2) is 5.40. The third kappa shape index (κ3) is 2.86. The van der Waals surface area contributed by atoms with Gasteiger partial charge in [-0.3, -0.25) is 0 Å². The first kappa shape index (κ1) is 12.8. The Morgan fingerprint density at radius 1 is 1.42 bits per heavy atom. The fourth-order valence-electron chi connectivity index (χ4n) is 2.20. The number of β-amino-alcohol motifs (C(OH)–C–C–N with tert-alkyl or cyclic N) is 1. The molecule has 1 aliphatic heterocycles. The lowest BCUT2D eigenvalue weighted by Crippen LogP contribution is -2.15. The van der Waals surface area contributed by atoms with E-state index in [1.165, 1.54) is 0 Å². The van der Waals surface area contributed by atoms with Gasteiger partial charge in [-0.05, 0) is 18.1 Å². The average Bonchev–Trinajstić information content (AvgIpc) is 3.01. The van der Waals surface area contributed by atoms with Crippen LogP contribution in [0.15, 0.2) is 33.3 Å². The van der Waals surface area contributed by atoms with Gasteiger partial charge in [-0.1, -0.05) is 39.3 Å². The number of hydrogen-bond acceptors (Lipinski definition) is 5. The minimum absolute atomic E-state index is 0.0320. The molecule has 2 N–H and O–H groups in total. The van der Waals surface area contributed by atoms with Crippen molar-refractivity contribution in [1.29, 1.82) is 0 Å². The summed E-state index contributed by atoms with van der Waals surface area (Å²) >= 11 is 3.50. The van der Waals surface area contributed by atoms with Crippen molar-refractivity contribution in [2.45, 2.75) is 25.0 Å². The van der Waals surface area contributed by atoms with Crippen molar-refractivity contribution in [1.82, 2.24) is 15.5 Å². The zero-order valence-electron chi connectivity index (χ0n) is 10.2. The van der Waals surface area contributed by atoms with Crippen molar-refractivity contribution >= 4 is 15.9 Å². The summed E-state index contributed by atoms with van der Waals surface area (Å²) in [6.07, 6.45) is 0.917. The SMILES string of the molecule is OC1CNC(c2nc(Cc3ccccc3Br)no2)C1. The van der Waals surface area contributed by atoms with Crippen LogP contribution in [0.4, 0.5) is 0 Å². The molecule has 0 aliphatic carbocycles. The molecule has 2 unspecified atom stereocenters. The van der Waals surface area contributed by atoms with Crippen LogP contribution < -0.4 is 5.32 Å². The Morgan fingerprint density at radius 3 is 3.00 bits per heavy atom. The number of nitrogens with zero attached hydrogens (tertiary/aromatic N) is 2. The molecule has 1 aliphatic rings. The molecular weight excluding hydrogens is 310 g/mol. The number of benzene rings is 1. The number of aliphatic hydroxyl groups excluding tert-OH is 1. The summed E-state index contributed by atoms with van der Waals surface area (Å²) in [6.45, 7) is 0.576. The lowest BCUT2D eigenvalue weighted by molar-refractivity contribution is 0.191. The highest BCUT2D eigenvalue weighted by Gasteiger charge is 2.28. The number of aliphatic hydroxyl groups is 1. The van der Waals surface area contributed by atoms with E-state index >= 15 is 0 Å². The Balaban J connectivity index is 1.73. The highest BCUT2D eigenvalue weighted by molar-refractivity contribution is 9.10. The molecule has 2 atom stereocenters. The van der Waals surface area contributed by atoms with Crippen LogP contribution in [0.3, 0.4) is 0 Å². The highest BCUT2D eigenvalue weighted by Crippen LogP contribution is 2.23. The minimum Gasteiger partial charge on any atom is -0.392 e. The molecule has 1 saturated heterocycles. The van der Waals surface area contributed by atoms with Crippen molar-refractivity contribution in [3.63, 3.8) is 0 Å². The van der Waals surface area contributed by atoms with Crippen molar-refractivity contribution in [3.05, 3.63) is 46.0 Å². The molecular formula is C13H14BrN3O2. The fourth-order valence-corrected chi connectivity index (χ4v) is 2.62. The van der Waals surface area contributed by atoms with Crippen molar-refractivity contribution in [3.8, 4) is 0 Å². The number of hydrogen-bond donors (Lipinski definition) is 2. The van der Waals surface area contributed by atoms with Crippen molar-refractivity contribution in [2.75, 3.05) is 6.54 Å².